The second-order valence-electron chi connectivity index (χ2n) is 5.73. The summed E-state index contributed by atoms with van der Waals surface area (Å²) in [7, 11) is 0. The van der Waals surface area contributed by atoms with E-state index in [1.165, 1.54) is 6.07 Å². The summed E-state index contributed by atoms with van der Waals surface area (Å²) in [5.41, 5.74) is 1.03. The van der Waals surface area contributed by atoms with Gasteiger partial charge in [-0.2, -0.15) is 0 Å². The van der Waals surface area contributed by atoms with Gasteiger partial charge in [-0.15, -0.1) is 0 Å². The Morgan fingerprint density at radius 3 is 2.81 bits per heavy atom. The molecule has 1 aliphatic rings. The fraction of sp³-hybridized carbons (Fsp3) is 0.529. The average molecular weight is 289 g/mol. The molecule has 0 amide bonds. The number of ether oxygens (including phenoxy) is 1. The minimum atomic E-state index is -0.937. The van der Waals surface area contributed by atoms with Gasteiger partial charge in [0.1, 0.15) is 0 Å². The van der Waals surface area contributed by atoms with Crippen LogP contribution in [0.3, 0.4) is 0 Å². The van der Waals surface area contributed by atoms with Crippen molar-refractivity contribution in [3.05, 3.63) is 35.5 Å². The topological polar surface area (TPSA) is 59.4 Å². The van der Waals surface area contributed by atoms with Gasteiger partial charge in [-0.25, -0.2) is 9.78 Å². The molecule has 1 aromatic heterocycles. The molecule has 2 atom stereocenters. The summed E-state index contributed by atoms with van der Waals surface area (Å²) in [6.45, 7) is 4.86. The highest BCUT2D eigenvalue weighted by molar-refractivity contribution is 5.88. The van der Waals surface area contributed by atoms with E-state index < -0.39 is 5.97 Å². The Balaban J connectivity index is 2.07. The number of hydrogen-bond acceptors (Lipinski definition) is 3. The van der Waals surface area contributed by atoms with Crippen LogP contribution in [0.4, 0.5) is 0 Å². The third-order valence-corrected chi connectivity index (χ3v) is 3.97. The fourth-order valence-electron chi connectivity index (χ4n) is 2.57. The monoisotopic (exact) mass is 289 g/mol. The zero-order chi connectivity index (χ0) is 15.2. The highest BCUT2D eigenvalue weighted by Gasteiger charge is 2.19. The molecular formula is C17H23NO3. The lowest BCUT2D eigenvalue weighted by molar-refractivity contribution is 0.0695. The van der Waals surface area contributed by atoms with Gasteiger partial charge >= 0.3 is 5.97 Å². The van der Waals surface area contributed by atoms with Gasteiger partial charge in [0.2, 0.25) is 5.88 Å². The van der Waals surface area contributed by atoms with Crippen molar-refractivity contribution in [3.8, 4) is 5.88 Å². The molecule has 0 radical (unpaired) electrons. The Morgan fingerprint density at radius 1 is 1.38 bits per heavy atom. The molecule has 21 heavy (non-hydrogen) atoms. The smallest absolute Gasteiger partial charge is 0.335 e. The van der Waals surface area contributed by atoms with Crippen LogP contribution in [0, 0.1) is 11.8 Å². The van der Waals surface area contributed by atoms with E-state index in [0.717, 1.165) is 31.4 Å². The molecule has 1 aliphatic carbocycles. The third-order valence-electron chi connectivity index (χ3n) is 3.97. The molecule has 1 aromatic rings. The van der Waals surface area contributed by atoms with Gasteiger partial charge in [0, 0.05) is 11.8 Å². The summed E-state index contributed by atoms with van der Waals surface area (Å²) in [6, 6.07) is 3.15. The van der Waals surface area contributed by atoms with Crippen molar-refractivity contribution in [2.75, 3.05) is 6.61 Å². The van der Waals surface area contributed by atoms with E-state index in [1.807, 2.05) is 6.92 Å². The zero-order valence-corrected chi connectivity index (χ0v) is 12.7. The normalized spacial score (nSPS) is 21.2. The van der Waals surface area contributed by atoms with Crippen LogP contribution in [-0.2, 0) is 6.42 Å². The number of hydrogen-bond donors (Lipinski definition) is 1. The maximum absolute atomic E-state index is 11.2. The van der Waals surface area contributed by atoms with E-state index in [0.29, 0.717) is 24.3 Å². The Hall–Kier alpha value is -1.84. The van der Waals surface area contributed by atoms with Gasteiger partial charge in [-0.3, -0.25) is 0 Å². The van der Waals surface area contributed by atoms with Crippen molar-refractivity contribution in [3.63, 3.8) is 0 Å². The second kappa shape index (κ2) is 7.25. The third kappa shape index (κ3) is 4.31. The van der Waals surface area contributed by atoms with Gasteiger partial charge in [0.15, 0.2) is 0 Å². The lowest BCUT2D eigenvalue weighted by Gasteiger charge is -2.25. The van der Waals surface area contributed by atoms with Crippen LogP contribution in [0.15, 0.2) is 24.3 Å². The maximum atomic E-state index is 11.2. The first kappa shape index (κ1) is 15.5. The molecule has 0 fully saturated rings. The Bertz CT molecular complexity index is 525. The summed E-state index contributed by atoms with van der Waals surface area (Å²) in [6.07, 6.45) is 8.20. The molecule has 114 valence electrons. The quantitative estimate of drug-likeness (QED) is 0.811. The number of rotatable bonds is 6. The molecule has 2 rings (SSSR count). The van der Waals surface area contributed by atoms with E-state index >= 15 is 0 Å². The van der Waals surface area contributed by atoms with Gasteiger partial charge in [-0.1, -0.05) is 32.4 Å². The van der Waals surface area contributed by atoms with E-state index in [4.69, 9.17) is 9.84 Å². The summed E-state index contributed by atoms with van der Waals surface area (Å²) < 4.78 is 5.79. The van der Waals surface area contributed by atoms with E-state index in [2.05, 4.69) is 24.1 Å². The number of aromatic carboxylic acids is 1. The average Bonchev–Trinajstić information content (AvgIpc) is 2.46. The van der Waals surface area contributed by atoms with Crippen LogP contribution in [-0.4, -0.2) is 22.7 Å². The number of carbonyl (C=O) groups is 1. The van der Waals surface area contributed by atoms with Gasteiger partial charge in [-0.05, 0) is 37.2 Å². The molecule has 0 bridgehead atoms. The lowest BCUT2D eigenvalue weighted by Crippen LogP contribution is -2.21. The molecule has 4 nitrogen and oxygen atoms in total. The zero-order valence-electron chi connectivity index (χ0n) is 12.7. The molecule has 0 saturated heterocycles. The summed E-state index contributed by atoms with van der Waals surface area (Å²) in [5, 5.41) is 9.17. The van der Waals surface area contributed by atoms with Crippen molar-refractivity contribution >= 4 is 5.97 Å². The van der Waals surface area contributed by atoms with Gasteiger partial charge in [0.05, 0.1) is 12.2 Å². The largest absolute Gasteiger partial charge is 0.478 e. The van der Waals surface area contributed by atoms with Crippen molar-refractivity contribution in [2.24, 2.45) is 11.8 Å². The Morgan fingerprint density at radius 2 is 2.14 bits per heavy atom. The minimum Gasteiger partial charge on any atom is -0.478 e. The lowest BCUT2D eigenvalue weighted by atomic mass is 9.85. The number of carboxylic acid groups (broad SMARTS) is 1. The van der Waals surface area contributed by atoms with Crippen LogP contribution in [0.2, 0.25) is 0 Å². The number of allylic oxidation sites excluding steroid dienone is 2. The van der Waals surface area contributed by atoms with Crippen molar-refractivity contribution in [2.45, 2.75) is 39.5 Å². The number of nitrogens with zero attached hydrogens (tertiary/aromatic N) is 1. The van der Waals surface area contributed by atoms with E-state index in [1.54, 1.807) is 6.07 Å². The molecule has 2 unspecified atom stereocenters. The highest BCUT2D eigenvalue weighted by Crippen LogP contribution is 2.26. The van der Waals surface area contributed by atoms with Crippen molar-refractivity contribution in [1.82, 2.24) is 4.98 Å². The standard InChI is InChI=1S/C17H23NO3/c1-3-6-15-9-14(17(19)20)10-16(18-15)21-11-13-8-5-4-7-12(13)2/h4-5,9-10,12-13H,3,6-8,11H2,1-2H3,(H,19,20). The maximum Gasteiger partial charge on any atom is 0.335 e. The first-order valence-electron chi connectivity index (χ1n) is 7.62. The Labute approximate surface area is 125 Å². The Kier molecular flexibility index (Phi) is 5.37. The van der Waals surface area contributed by atoms with Crippen LogP contribution in [0.1, 0.15) is 49.2 Å². The number of aromatic nitrogens is 1. The predicted octanol–water partition coefficient (Wildman–Crippen LogP) is 3.71. The molecule has 1 N–H and O–H groups in total. The first-order valence-corrected chi connectivity index (χ1v) is 7.62. The minimum absolute atomic E-state index is 0.250. The summed E-state index contributed by atoms with van der Waals surface area (Å²) >= 11 is 0. The van der Waals surface area contributed by atoms with E-state index in [-0.39, 0.29) is 5.56 Å². The summed E-state index contributed by atoms with van der Waals surface area (Å²) in [4.78, 5) is 15.6. The molecule has 0 saturated carbocycles. The molecule has 0 spiro atoms. The van der Waals surface area contributed by atoms with Crippen molar-refractivity contribution in [1.29, 1.82) is 0 Å². The number of carboxylic acids is 1. The van der Waals surface area contributed by atoms with E-state index in [9.17, 15) is 4.79 Å². The molecule has 1 heterocycles. The summed E-state index contributed by atoms with van der Waals surface area (Å²) in [5.74, 6) is 0.557. The number of pyridine rings is 1. The SMILES string of the molecule is CCCc1cc(C(=O)O)cc(OCC2CC=CCC2C)n1. The fourth-order valence-corrected chi connectivity index (χ4v) is 2.57. The van der Waals surface area contributed by atoms with Crippen LogP contribution >= 0.6 is 0 Å². The molecule has 0 aliphatic heterocycles. The highest BCUT2D eigenvalue weighted by atomic mass is 16.5. The van der Waals surface area contributed by atoms with Crippen LogP contribution < -0.4 is 4.74 Å². The van der Waals surface area contributed by atoms with Crippen LogP contribution in [0.5, 0.6) is 5.88 Å². The molecule has 0 aromatic carbocycles. The molecule has 4 heteroatoms. The first-order chi connectivity index (χ1) is 10.1. The second-order valence-corrected chi connectivity index (χ2v) is 5.73. The van der Waals surface area contributed by atoms with Crippen LogP contribution in [0.25, 0.3) is 0 Å². The number of aryl methyl sites for hydroxylation is 1. The molecular weight excluding hydrogens is 266 g/mol. The van der Waals surface area contributed by atoms with Gasteiger partial charge < -0.3 is 9.84 Å². The predicted molar refractivity (Wildman–Crippen MR) is 81.7 cm³/mol. The van der Waals surface area contributed by atoms with Gasteiger partial charge in [0.25, 0.3) is 0 Å². The van der Waals surface area contributed by atoms with Crippen molar-refractivity contribution < 1.29 is 14.6 Å².